The molecule has 6 heteroatoms. The minimum atomic E-state index is 0.644. The fraction of sp³-hybridized carbons (Fsp3) is 0.300. The van der Waals surface area contributed by atoms with Crippen LogP contribution < -0.4 is 14.8 Å². The fourth-order valence-electron chi connectivity index (χ4n) is 2.81. The maximum Gasteiger partial charge on any atom is 0.227 e. The van der Waals surface area contributed by atoms with Gasteiger partial charge in [0.25, 0.3) is 0 Å². The zero-order valence-corrected chi connectivity index (χ0v) is 15.3. The van der Waals surface area contributed by atoms with E-state index in [0.717, 1.165) is 34.7 Å². The van der Waals surface area contributed by atoms with Crippen LogP contribution in [0.2, 0.25) is 0 Å². The summed E-state index contributed by atoms with van der Waals surface area (Å²) >= 11 is 0. The first-order valence-corrected chi connectivity index (χ1v) is 8.51. The van der Waals surface area contributed by atoms with Crippen molar-refractivity contribution in [1.82, 2.24) is 15.5 Å². The van der Waals surface area contributed by atoms with Gasteiger partial charge in [-0.15, -0.1) is 0 Å². The first-order chi connectivity index (χ1) is 12.7. The Morgan fingerprint density at radius 3 is 2.42 bits per heavy atom. The van der Waals surface area contributed by atoms with Crippen molar-refractivity contribution in [3.05, 3.63) is 59.7 Å². The Bertz CT molecular complexity index is 847. The van der Waals surface area contributed by atoms with Crippen LogP contribution in [0.4, 0.5) is 0 Å². The summed E-state index contributed by atoms with van der Waals surface area (Å²) in [7, 11) is 3.30. The number of nitrogens with one attached hydrogen (secondary N) is 1. The number of benzene rings is 2. The second-order valence-corrected chi connectivity index (χ2v) is 5.89. The first kappa shape index (κ1) is 17.9. The largest absolute Gasteiger partial charge is 0.493 e. The second kappa shape index (κ2) is 8.49. The van der Waals surface area contributed by atoms with Gasteiger partial charge >= 0.3 is 0 Å². The minimum absolute atomic E-state index is 0.644. The summed E-state index contributed by atoms with van der Waals surface area (Å²) in [6, 6.07) is 14.3. The van der Waals surface area contributed by atoms with Crippen LogP contribution >= 0.6 is 0 Å². The third-order valence-electron chi connectivity index (χ3n) is 4.09. The lowest BCUT2D eigenvalue weighted by atomic mass is 9.98. The van der Waals surface area contributed by atoms with E-state index in [1.54, 1.807) is 14.2 Å². The molecule has 26 heavy (non-hydrogen) atoms. The van der Waals surface area contributed by atoms with Crippen molar-refractivity contribution in [3.63, 3.8) is 0 Å². The van der Waals surface area contributed by atoms with Gasteiger partial charge in [0.2, 0.25) is 5.89 Å². The van der Waals surface area contributed by atoms with Crippen molar-refractivity contribution in [2.24, 2.45) is 0 Å². The molecule has 6 nitrogen and oxygen atoms in total. The molecule has 0 saturated carbocycles. The van der Waals surface area contributed by atoms with Crippen molar-refractivity contribution in [3.8, 4) is 22.6 Å². The van der Waals surface area contributed by atoms with Crippen LogP contribution in [0.1, 0.15) is 17.3 Å². The molecular weight excluding hydrogens is 330 g/mol. The predicted octanol–water partition coefficient (Wildman–Crippen LogP) is 3.39. The van der Waals surface area contributed by atoms with E-state index in [1.807, 2.05) is 37.3 Å². The highest BCUT2D eigenvalue weighted by Gasteiger charge is 2.12. The monoisotopic (exact) mass is 353 g/mol. The van der Waals surface area contributed by atoms with Gasteiger partial charge in [0.05, 0.1) is 14.2 Å². The molecule has 0 radical (unpaired) electrons. The summed E-state index contributed by atoms with van der Waals surface area (Å²) < 4.78 is 16.1. The molecule has 3 aromatic rings. The van der Waals surface area contributed by atoms with Gasteiger partial charge in [0.1, 0.15) is 0 Å². The molecule has 136 valence electrons. The standard InChI is InChI=1S/C20H23N3O3/c1-14-22-20(26-23-14)9-10-21-13-16-11-18(24-2)19(25-3)12-17(16)15-7-5-4-6-8-15/h4-8,11-12,21H,9-10,13H2,1-3H3. The lowest BCUT2D eigenvalue weighted by Gasteiger charge is -2.16. The molecule has 0 unspecified atom stereocenters. The molecule has 1 heterocycles. The average Bonchev–Trinajstić information content (AvgIpc) is 3.10. The fourth-order valence-corrected chi connectivity index (χ4v) is 2.81. The molecule has 0 amide bonds. The molecule has 0 aliphatic rings. The van der Waals surface area contributed by atoms with E-state index >= 15 is 0 Å². The topological polar surface area (TPSA) is 69.4 Å². The quantitative estimate of drug-likeness (QED) is 0.626. The molecular formula is C20H23N3O3. The van der Waals surface area contributed by atoms with Crippen molar-refractivity contribution in [2.75, 3.05) is 20.8 Å². The smallest absolute Gasteiger partial charge is 0.227 e. The van der Waals surface area contributed by atoms with E-state index in [0.29, 0.717) is 24.7 Å². The summed E-state index contributed by atoms with van der Waals surface area (Å²) in [5.41, 5.74) is 3.39. The van der Waals surface area contributed by atoms with E-state index in [1.165, 1.54) is 0 Å². The number of nitrogens with zero attached hydrogens (tertiary/aromatic N) is 2. The Labute approximate surface area is 153 Å². The van der Waals surface area contributed by atoms with Gasteiger partial charge in [0.15, 0.2) is 17.3 Å². The van der Waals surface area contributed by atoms with E-state index in [9.17, 15) is 0 Å². The number of aryl methyl sites for hydroxylation is 1. The third-order valence-corrected chi connectivity index (χ3v) is 4.09. The van der Waals surface area contributed by atoms with Crippen LogP contribution in [-0.4, -0.2) is 30.9 Å². The third kappa shape index (κ3) is 4.21. The van der Waals surface area contributed by atoms with Crippen LogP contribution in [-0.2, 0) is 13.0 Å². The first-order valence-electron chi connectivity index (χ1n) is 8.51. The van der Waals surface area contributed by atoms with Gasteiger partial charge in [-0.2, -0.15) is 4.98 Å². The van der Waals surface area contributed by atoms with Crippen molar-refractivity contribution >= 4 is 0 Å². The molecule has 0 saturated heterocycles. The zero-order valence-electron chi connectivity index (χ0n) is 15.3. The van der Waals surface area contributed by atoms with Gasteiger partial charge in [-0.25, -0.2) is 0 Å². The maximum atomic E-state index is 5.47. The second-order valence-electron chi connectivity index (χ2n) is 5.89. The van der Waals surface area contributed by atoms with E-state index < -0.39 is 0 Å². The summed E-state index contributed by atoms with van der Waals surface area (Å²) in [4.78, 5) is 4.22. The van der Waals surface area contributed by atoms with Gasteiger partial charge in [-0.3, -0.25) is 0 Å². The van der Waals surface area contributed by atoms with Gasteiger partial charge in [-0.1, -0.05) is 35.5 Å². The molecule has 1 aromatic heterocycles. The molecule has 3 rings (SSSR count). The van der Waals surface area contributed by atoms with Gasteiger partial charge in [-0.05, 0) is 35.7 Å². The Morgan fingerprint density at radius 2 is 1.77 bits per heavy atom. The summed E-state index contributed by atoms with van der Waals surface area (Å²) in [5.74, 6) is 2.74. The van der Waals surface area contributed by atoms with E-state index in [4.69, 9.17) is 14.0 Å². The van der Waals surface area contributed by atoms with Crippen LogP contribution in [0.3, 0.4) is 0 Å². The highest BCUT2D eigenvalue weighted by atomic mass is 16.5. The summed E-state index contributed by atoms with van der Waals surface area (Å²) in [6.45, 7) is 3.25. The molecule has 1 N–H and O–H groups in total. The lowest BCUT2D eigenvalue weighted by Crippen LogP contribution is -2.17. The van der Waals surface area contributed by atoms with E-state index in [-0.39, 0.29) is 0 Å². The number of hydrogen-bond donors (Lipinski definition) is 1. The average molecular weight is 353 g/mol. The summed E-state index contributed by atoms with van der Waals surface area (Å²) in [6.07, 6.45) is 0.689. The SMILES string of the molecule is COc1cc(CNCCc2nc(C)no2)c(-c2ccccc2)cc1OC. The Morgan fingerprint density at radius 1 is 1.04 bits per heavy atom. The molecule has 0 atom stereocenters. The Kier molecular flexibility index (Phi) is 5.86. The number of aromatic nitrogens is 2. The van der Waals surface area contributed by atoms with Crippen LogP contribution in [0.5, 0.6) is 11.5 Å². The Balaban J connectivity index is 1.77. The number of rotatable bonds is 8. The maximum absolute atomic E-state index is 5.47. The Hall–Kier alpha value is -2.86. The summed E-state index contributed by atoms with van der Waals surface area (Å²) in [5, 5.41) is 7.24. The molecule has 2 aromatic carbocycles. The van der Waals surface area contributed by atoms with Crippen molar-refractivity contribution in [2.45, 2.75) is 19.9 Å². The minimum Gasteiger partial charge on any atom is -0.493 e. The lowest BCUT2D eigenvalue weighted by molar-refractivity contribution is 0.354. The molecule has 0 aliphatic heterocycles. The van der Waals surface area contributed by atoms with E-state index in [2.05, 4.69) is 27.6 Å². The predicted molar refractivity (Wildman–Crippen MR) is 99.4 cm³/mol. The number of methoxy groups -OCH3 is 2. The van der Waals surface area contributed by atoms with Crippen molar-refractivity contribution in [1.29, 1.82) is 0 Å². The number of ether oxygens (including phenoxy) is 2. The molecule has 0 fully saturated rings. The molecule has 0 spiro atoms. The zero-order chi connectivity index (χ0) is 18.4. The normalized spacial score (nSPS) is 10.7. The van der Waals surface area contributed by atoms with Crippen molar-refractivity contribution < 1.29 is 14.0 Å². The highest BCUT2D eigenvalue weighted by molar-refractivity contribution is 5.71. The van der Waals surface area contributed by atoms with Crippen LogP contribution in [0, 0.1) is 6.92 Å². The van der Waals surface area contributed by atoms with Gasteiger partial charge < -0.3 is 19.3 Å². The number of hydrogen-bond acceptors (Lipinski definition) is 6. The van der Waals surface area contributed by atoms with Crippen LogP contribution in [0.15, 0.2) is 47.0 Å². The van der Waals surface area contributed by atoms with Gasteiger partial charge in [0, 0.05) is 19.5 Å². The molecule has 0 bridgehead atoms. The van der Waals surface area contributed by atoms with Crippen LogP contribution in [0.25, 0.3) is 11.1 Å². The molecule has 0 aliphatic carbocycles. The highest BCUT2D eigenvalue weighted by Crippen LogP contribution is 2.35.